The minimum absolute atomic E-state index is 0.346. The fourth-order valence-electron chi connectivity index (χ4n) is 2.05. The SMILES string of the molecule is COCc1cc(Cl)ccc1B1OC(C)(C)C(C)(C)O1. The van der Waals surface area contributed by atoms with Crippen LogP contribution >= 0.6 is 11.6 Å². The van der Waals surface area contributed by atoms with Crippen LogP contribution in [-0.4, -0.2) is 25.4 Å². The fraction of sp³-hybridized carbons (Fsp3) is 0.571. The second-order valence-electron chi connectivity index (χ2n) is 5.86. The van der Waals surface area contributed by atoms with E-state index in [1.165, 1.54) is 0 Å². The van der Waals surface area contributed by atoms with E-state index in [2.05, 4.69) is 0 Å². The first-order valence-electron chi connectivity index (χ1n) is 6.40. The summed E-state index contributed by atoms with van der Waals surface area (Å²) < 4.78 is 17.3. The van der Waals surface area contributed by atoms with E-state index >= 15 is 0 Å². The Hall–Kier alpha value is -0.545. The molecule has 1 aromatic carbocycles. The summed E-state index contributed by atoms with van der Waals surface area (Å²) in [5, 5.41) is 0.687. The highest BCUT2D eigenvalue weighted by Gasteiger charge is 2.52. The highest BCUT2D eigenvalue weighted by Crippen LogP contribution is 2.36. The highest BCUT2D eigenvalue weighted by atomic mass is 35.5. The average molecular weight is 283 g/mol. The molecule has 0 aromatic heterocycles. The summed E-state index contributed by atoms with van der Waals surface area (Å²) in [5.41, 5.74) is 1.28. The van der Waals surface area contributed by atoms with Crippen molar-refractivity contribution in [3.8, 4) is 0 Å². The van der Waals surface area contributed by atoms with E-state index in [9.17, 15) is 0 Å². The molecule has 0 radical (unpaired) electrons. The molecule has 1 heterocycles. The van der Waals surface area contributed by atoms with Crippen molar-refractivity contribution in [3.63, 3.8) is 0 Å². The van der Waals surface area contributed by atoms with Gasteiger partial charge in [-0.2, -0.15) is 0 Å². The third kappa shape index (κ3) is 2.82. The molecule has 2 rings (SSSR count). The lowest BCUT2D eigenvalue weighted by Crippen LogP contribution is -2.41. The monoisotopic (exact) mass is 282 g/mol. The summed E-state index contributed by atoms with van der Waals surface area (Å²) in [7, 11) is 1.28. The first kappa shape index (κ1) is 14.9. The van der Waals surface area contributed by atoms with E-state index in [-0.39, 0.29) is 18.3 Å². The van der Waals surface area contributed by atoms with Gasteiger partial charge in [-0.15, -0.1) is 0 Å². The van der Waals surface area contributed by atoms with Crippen LogP contribution in [0.5, 0.6) is 0 Å². The molecule has 0 bridgehead atoms. The van der Waals surface area contributed by atoms with Gasteiger partial charge in [-0.05, 0) is 50.9 Å². The van der Waals surface area contributed by atoms with Crippen LogP contribution in [0, 0.1) is 0 Å². The molecule has 0 atom stereocenters. The van der Waals surface area contributed by atoms with Gasteiger partial charge in [0, 0.05) is 12.1 Å². The van der Waals surface area contributed by atoms with Crippen molar-refractivity contribution in [3.05, 3.63) is 28.8 Å². The number of benzene rings is 1. The van der Waals surface area contributed by atoms with Gasteiger partial charge in [0.1, 0.15) is 0 Å². The molecule has 0 spiro atoms. The largest absolute Gasteiger partial charge is 0.495 e. The standard InChI is InChI=1S/C14H20BClO3/c1-13(2)14(3,4)19-15(18-13)12-7-6-11(16)8-10(12)9-17-5/h6-8H,9H2,1-5H3. The molecule has 1 fully saturated rings. The number of methoxy groups -OCH3 is 1. The topological polar surface area (TPSA) is 27.7 Å². The van der Waals surface area contributed by atoms with Gasteiger partial charge >= 0.3 is 7.12 Å². The van der Waals surface area contributed by atoms with Crippen LogP contribution in [0.3, 0.4) is 0 Å². The van der Waals surface area contributed by atoms with Gasteiger partial charge in [-0.3, -0.25) is 0 Å². The first-order chi connectivity index (χ1) is 8.77. The quantitative estimate of drug-likeness (QED) is 0.798. The Morgan fingerprint density at radius 3 is 2.26 bits per heavy atom. The van der Waals surface area contributed by atoms with E-state index in [4.69, 9.17) is 25.6 Å². The zero-order valence-electron chi connectivity index (χ0n) is 12.1. The second-order valence-corrected chi connectivity index (χ2v) is 6.30. The molecule has 1 saturated heterocycles. The fourth-order valence-corrected chi connectivity index (χ4v) is 2.25. The van der Waals surface area contributed by atoms with Crippen molar-refractivity contribution in [1.29, 1.82) is 0 Å². The molecule has 0 amide bonds. The zero-order valence-corrected chi connectivity index (χ0v) is 12.9. The van der Waals surface area contributed by atoms with Gasteiger partial charge in [0.15, 0.2) is 0 Å². The minimum atomic E-state index is -0.382. The van der Waals surface area contributed by atoms with Crippen LogP contribution < -0.4 is 5.46 Å². The molecule has 5 heteroatoms. The van der Waals surface area contributed by atoms with Crippen LogP contribution in [0.25, 0.3) is 0 Å². The van der Waals surface area contributed by atoms with E-state index in [1.807, 2.05) is 45.9 Å². The maximum absolute atomic E-state index is 6.06. The van der Waals surface area contributed by atoms with Crippen LogP contribution in [0.15, 0.2) is 18.2 Å². The van der Waals surface area contributed by atoms with Crippen LogP contribution in [0.2, 0.25) is 5.02 Å². The molecule has 0 saturated carbocycles. The number of halogens is 1. The summed E-state index contributed by atoms with van der Waals surface area (Å²) in [4.78, 5) is 0. The van der Waals surface area contributed by atoms with Gasteiger partial charge in [-0.1, -0.05) is 17.7 Å². The molecular formula is C14H20BClO3. The van der Waals surface area contributed by atoms with Crippen LogP contribution in [0.4, 0.5) is 0 Å². The summed E-state index contributed by atoms with van der Waals surface area (Å²) in [6, 6.07) is 5.69. The summed E-state index contributed by atoms with van der Waals surface area (Å²) in [6.07, 6.45) is 0. The normalized spacial score (nSPS) is 20.8. The summed E-state index contributed by atoms with van der Waals surface area (Å²) in [6.45, 7) is 8.65. The van der Waals surface area contributed by atoms with Gasteiger partial charge in [-0.25, -0.2) is 0 Å². The van der Waals surface area contributed by atoms with E-state index < -0.39 is 0 Å². The highest BCUT2D eigenvalue weighted by molar-refractivity contribution is 6.62. The Balaban J connectivity index is 2.34. The zero-order chi connectivity index (χ0) is 14.3. The van der Waals surface area contributed by atoms with Crippen molar-refractivity contribution in [1.82, 2.24) is 0 Å². The molecule has 0 unspecified atom stereocenters. The van der Waals surface area contributed by atoms with Gasteiger partial charge < -0.3 is 14.0 Å². The predicted molar refractivity (Wildman–Crippen MR) is 77.9 cm³/mol. The van der Waals surface area contributed by atoms with Crippen molar-refractivity contribution in [2.45, 2.75) is 45.5 Å². The Labute approximate surface area is 120 Å². The van der Waals surface area contributed by atoms with E-state index in [1.54, 1.807) is 7.11 Å². The Kier molecular flexibility index (Phi) is 3.98. The molecule has 1 aliphatic rings. The number of ether oxygens (including phenoxy) is 1. The van der Waals surface area contributed by atoms with Gasteiger partial charge in [0.05, 0.1) is 17.8 Å². The Bertz CT molecular complexity index is 458. The van der Waals surface area contributed by atoms with Crippen LogP contribution in [0.1, 0.15) is 33.3 Å². The minimum Gasteiger partial charge on any atom is -0.399 e. The first-order valence-corrected chi connectivity index (χ1v) is 6.77. The third-order valence-electron chi connectivity index (χ3n) is 3.91. The average Bonchev–Trinajstić information content (AvgIpc) is 2.48. The molecule has 0 aliphatic carbocycles. The molecule has 19 heavy (non-hydrogen) atoms. The number of hydrogen-bond donors (Lipinski definition) is 0. The predicted octanol–water partition coefficient (Wildman–Crippen LogP) is 2.79. The van der Waals surface area contributed by atoms with Crippen molar-refractivity contribution < 1.29 is 14.0 Å². The molecule has 0 N–H and O–H groups in total. The lowest BCUT2D eigenvalue weighted by atomic mass is 9.76. The lowest BCUT2D eigenvalue weighted by molar-refractivity contribution is 0.00578. The molecule has 1 aromatic rings. The van der Waals surface area contributed by atoms with Crippen molar-refractivity contribution in [2.24, 2.45) is 0 Å². The van der Waals surface area contributed by atoms with Crippen molar-refractivity contribution in [2.75, 3.05) is 7.11 Å². The Morgan fingerprint density at radius 1 is 1.16 bits per heavy atom. The van der Waals surface area contributed by atoms with E-state index in [0.29, 0.717) is 11.6 Å². The third-order valence-corrected chi connectivity index (χ3v) is 4.15. The molecule has 3 nitrogen and oxygen atoms in total. The maximum Gasteiger partial charge on any atom is 0.495 e. The molecular weight excluding hydrogens is 262 g/mol. The number of rotatable bonds is 3. The van der Waals surface area contributed by atoms with Crippen LogP contribution in [-0.2, 0) is 20.7 Å². The second kappa shape index (κ2) is 5.10. The van der Waals surface area contributed by atoms with Gasteiger partial charge in [0.2, 0.25) is 0 Å². The smallest absolute Gasteiger partial charge is 0.399 e. The summed E-state index contributed by atoms with van der Waals surface area (Å²) in [5.74, 6) is 0. The van der Waals surface area contributed by atoms with Gasteiger partial charge in [0.25, 0.3) is 0 Å². The van der Waals surface area contributed by atoms with E-state index in [0.717, 1.165) is 11.0 Å². The maximum atomic E-state index is 6.06. The summed E-state index contributed by atoms with van der Waals surface area (Å²) >= 11 is 6.03. The number of hydrogen-bond acceptors (Lipinski definition) is 3. The molecule has 104 valence electrons. The Morgan fingerprint density at radius 2 is 1.74 bits per heavy atom. The van der Waals surface area contributed by atoms with Crippen molar-refractivity contribution >= 4 is 24.2 Å². The molecule has 1 aliphatic heterocycles. The lowest BCUT2D eigenvalue weighted by Gasteiger charge is -2.32.